The predicted octanol–water partition coefficient (Wildman–Crippen LogP) is 4.82. The van der Waals surface area contributed by atoms with Crippen LogP contribution in [0.2, 0.25) is 0 Å². The molecule has 2 aromatic carbocycles. The summed E-state index contributed by atoms with van der Waals surface area (Å²) >= 11 is 1.72. The van der Waals surface area contributed by atoms with Crippen molar-refractivity contribution in [2.75, 3.05) is 7.11 Å². The zero-order valence-electron chi connectivity index (χ0n) is 10.7. The second kappa shape index (κ2) is 5.37. The lowest BCUT2D eigenvalue weighted by atomic mass is 10.0. The summed E-state index contributed by atoms with van der Waals surface area (Å²) in [5, 5.41) is 2.12. The first-order valence-electron chi connectivity index (χ1n) is 6.16. The number of thioether (sulfide) groups is 1. The second-order valence-corrected chi connectivity index (χ2v) is 5.18. The van der Waals surface area contributed by atoms with E-state index in [2.05, 4.69) is 41.8 Å². The van der Waals surface area contributed by atoms with Crippen LogP contribution in [0.4, 0.5) is 0 Å². The van der Waals surface area contributed by atoms with E-state index in [-0.39, 0.29) is 0 Å². The number of hydrogen-bond donors (Lipinski definition) is 0. The van der Waals surface area contributed by atoms with E-state index in [1.54, 1.807) is 18.9 Å². The van der Waals surface area contributed by atoms with Crippen molar-refractivity contribution in [2.45, 2.75) is 4.90 Å². The Morgan fingerprint density at radius 1 is 0.895 bits per heavy atom. The van der Waals surface area contributed by atoms with E-state index in [0.717, 1.165) is 16.9 Å². The number of hydrogen-bond acceptors (Lipinski definition) is 2. The van der Waals surface area contributed by atoms with E-state index in [1.807, 2.05) is 24.3 Å². The summed E-state index contributed by atoms with van der Waals surface area (Å²) in [7, 11) is 1.74. The van der Waals surface area contributed by atoms with Crippen molar-refractivity contribution >= 4 is 23.1 Å². The van der Waals surface area contributed by atoms with Gasteiger partial charge in [-0.1, -0.05) is 60.3 Å². The van der Waals surface area contributed by atoms with E-state index in [9.17, 15) is 0 Å². The molecule has 0 atom stereocenters. The first-order chi connectivity index (χ1) is 9.40. The molecule has 1 aliphatic heterocycles. The van der Waals surface area contributed by atoms with Gasteiger partial charge in [0.25, 0.3) is 0 Å². The van der Waals surface area contributed by atoms with Gasteiger partial charge >= 0.3 is 0 Å². The summed E-state index contributed by atoms with van der Waals surface area (Å²) in [6.45, 7) is 0. The van der Waals surface area contributed by atoms with Crippen molar-refractivity contribution in [3.8, 4) is 0 Å². The van der Waals surface area contributed by atoms with Crippen LogP contribution >= 0.6 is 11.8 Å². The van der Waals surface area contributed by atoms with Crippen molar-refractivity contribution in [1.82, 2.24) is 0 Å². The Hall–Kier alpha value is -1.93. The van der Waals surface area contributed by atoms with Gasteiger partial charge in [-0.15, -0.1) is 0 Å². The molecule has 94 valence electrons. The Balaban J connectivity index is 2.23. The van der Waals surface area contributed by atoms with Gasteiger partial charge < -0.3 is 4.74 Å². The summed E-state index contributed by atoms with van der Waals surface area (Å²) in [6.07, 6.45) is 2.12. The summed E-state index contributed by atoms with van der Waals surface area (Å²) in [4.78, 5) is 1.22. The normalized spacial score (nSPS) is 13.9. The molecule has 0 spiro atoms. The van der Waals surface area contributed by atoms with Gasteiger partial charge in [0.1, 0.15) is 5.76 Å². The molecule has 19 heavy (non-hydrogen) atoms. The Labute approximate surface area is 117 Å². The van der Waals surface area contributed by atoms with Crippen LogP contribution in [0.25, 0.3) is 11.3 Å². The fourth-order valence-corrected chi connectivity index (χ4v) is 3.01. The van der Waals surface area contributed by atoms with Crippen LogP contribution in [0, 0.1) is 0 Å². The fraction of sp³-hybridized carbons (Fsp3) is 0.0588. The van der Waals surface area contributed by atoms with E-state index >= 15 is 0 Å². The number of benzene rings is 2. The quantitative estimate of drug-likeness (QED) is 0.770. The molecule has 0 N–H and O–H groups in total. The van der Waals surface area contributed by atoms with Gasteiger partial charge in [-0.25, -0.2) is 0 Å². The van der Waals surface area contributed by atoms with Crippen molar-refractivity contribution < 1.29 is 4.74 Å². The standard InChI is InChI=1S/C17H14OS/c1-18-17-14(13-7-3-2-4-8-13)11-12-19-16-10-6-5-9-15(16)17/h2-12H,1H3. The Kier molecular flexibility index (Phi) is 3.43. The van der Waals surface area contributed by atoms with Crippen LogP contribution in [-0.2, 0) is 4.74 Å². The topological polar surface area (TPSA) is 9.23 Å². The van der Waals surface area contributed by atoms with E-state index in [4.69, 9.17) is 4.74 Å². The largest absolute Gasteiger partial charge is 0.495 e. The van der Waals surface area contributed by atoms with Gasteiger partial charge in [-0.3, -0.25) is 0 Å². The summed E-state index contributed by atoms with van der Waals surface area (Å²) < 4.78 is 5.68. The minimum absolute atomic E-state index is 0.933. The molecule has 0 saturated carbocycles. The van der Waals surface area contributed by atoms with Gasteiger partial charge in [-0.2, -0.15) is 0 Å². The molecule has 0 unspecified atom stereocenters. The molecule has 0 aliphatic carbocycles. The Morgan fingerprint density at radius 2 is 1.63 bits per heavy atom. The van der Waals surface area contributed by atoms with E-state index in [1.165, 1.54) is 10.5 Å². The van der Waals surface area contributed by atoms with Crippen molar-refractivity contribution in [2.24, 2.45) is 0 Å². The maximum Gasteiger partial charge on any atom is 0.135 e. The van der Waals surface area contributed by atoms with Gasteiger partial charge in [0, 0.05) is 16.0 Å². The third kappa shape index (κ3) is 2.32. The molecular weight excluding hydrogens is 252 g/mol. The molecule has 0 amide bonds. The molecule has 1 heterocycles. The van der Waals surface area contributed by atoms with Crippen LogP contribution in [0.15, 0.2) is 71.0 Å². The van der Waals surface area contributed by atoms with Gasteiger partial charge in [0.15, 0.2) is 0 Å². The first kappa shape index (κ1) is 12.1. The molecule has 2 aromatic rings. The van der Waals surface area contributed by atoms with Gasteiger partial charge in [0.2, 0.25) is 0 Å². The molecule has 0 aromatic heterocycles. The van der Waals surface area contributed by atoms with Crippen molar-refractivity contribution in [3.05, 3.63) is 77.2 Å². The predicted molar refractivity (Wildman–Crippen MR) is 81.7 cm³/mol. The highest BCUT2D eigenvalue weighted by atomic mass is 32.2. The zero-order chi connectivity index (χ0) is 13.1. The number of ether oxygens (including phenoxy) is 1. The molecule has 3 rings (SSSR count). The van der Waals surface area contributed by atoms with Crippen molar-refractivity contribution in [3.63, 3.8) is 0 Å². The third-order valence-corrected chi connectivity index (χ3v) is 3.98. The average molecular weight is 266 g/mol. The molecule has 0 bridgehead atoms. The second-order valence-electron chi connectivity index (χ2n) is 4.23. The van der Waals surface area contributed by atoms with Crippen molar-refractivity contribution in [1.29, 1.82) is 0 Å². The number of fused-ring (bicyclic) bond motifs is 1. The lowest BCUT2D eigenvalue weighted by Crippen LogP contribution is -1.93. The smallest absolute Gasteiger partial charge is 0.135 e. The molecule has 1 aliphatic rings. The van der Waals surface area contributed by atoms with Gasteiger partial charge in [0.05, 0.1) is 7.11 Å². The van der Waals surface area contributed by atoms with E-state index < -0.39 is 0 Å². The van der Waals surface area contributed by atoms with Crippen LogP contribution in [0.3, 0.4) is 0 Å². The van der Waals surface area contributed by atoms with Crippen LogP contribution in [0.1, 0.15) is 11.1 Å². The Bertz CT molecular complexity index is 641. The first-order valence-corrected chi connectivity index (χ1v) is 7.04. The van der Waals surface area contributed by atoms with Crippen LogP contribution in [0.5, 0.6) is 0 Å². The molecule has 2 heteroatoms. The minimum Gasteiger partial charge on any atom is -0.495 e. The fourth-order valence-electron chi connectivity index (χ4n) is 2.22. The molecule has 0 saturated heterocycles. The highest BCUT2D eigenvalue weighted by Crippen LogP contribution is 2.38. The van der Waals surface area contributed by atoms with Crippen LogP contribution in [-0.4, -0.2) is 7.11 Å². The lowest BCUT2D eigenvalue weighted by Gasteiger charge is -2.12. The van der Waals surface area contributed by atoms with Gasteiger partial charge in [-0.05, 0) is 23.1 Å². The summed E-state index contributed by atoms with van der Waals surface area (Å²) in [5.74, 6) is 0.933. The van der Waals surface area contributed by atoms with Crippen LogP contribution < -0.4 is 0 Å². The number of methoxy groups -OCH3 is 1. The molecular formula is C17H14OS. The molecule has 0 fully saturated rings. The zero-order valence-corrected chi connectivity index (χ0v) is 11.5. The SMILES string of the molecule is COC1=C(c2ccccc2)C=CSc2ccccc21. The third-order valence-electron chi connectivity index (χ3n) is 3.09. The monoisotopic (exact) mass is 266 g/mol. The minimum atomic E-state index is 0.933. The maximum atomic E-state index is 5.68. The average Bonchev–Trinajstić information content (AvgIpc) is 2.67. The molecule has 0 radical (unpaired) electrons. The number of allylic oxidation sites excluding steroid dienone is 2. The van der Waals surface area contributed by atoms with E-state index in [0.29, 0.717) is 0 Å². The molecule has 1 nitrogen and oxygen atoms in total. The Morgan fingerprint density at radius 3 is 2.42 bits per heavy atom. The maximum absolute atomic E-state index is 5.68. The highest BCUT2D eigenvalue weighted by Gasteiger charge is 2.16. The summed E-state index contributed by atoms with van der Waals surface area (Å²) in [5.41, 5.74) is 3.45. The highest BCUT2D eigenvalue weighted by molar-refractivity contribution is 8.02. The number of rotatable bonds is 2. The lowest BCUT2D eigenvalue weighted by molar-refractivity contribution is 0.370. The summed E-state index contributed by atoms with van der Waals surface area (Å²) in [6, 6.07) is 18.7.